The highest BCUT2D eigenvalue weighted by molar-refractivity contribution is 6.07. The second-order valence-electron chi connectivity index (χ2n) is 4.83. The fourth-order valence-corrected chi connectivity index (χ4v) is 1.82. The number of hydrogen-bond acceptors (Lipinski definition) is 5. The molecule has 1 fully saturated rings. The van der Waals surface area contributed by atoms with Gasteiger partial charge in [-0.1, -0.05) is 6.92 Å². The van der Waals surface area contributed by atoms with E-state index in [4.69, 9.17) is 0 Å². The molecule has 0 aliphatic carbocycles. The zero-order valence-electron chi connectivity index (χ0n) is 11.6. The van der Waals surface area contributed by atoms with E-state index in [0.717, 1.165) is 5.01 Å². The maximum atomic E-state index is 12.1. The average molecular weight is 290 g/mol. The van der Waals surface area contributed by atoms with Crippen LogP contribution in [0.4, 0.5) is 10.5 Å². The van der Waals surface area contributed by atoms with E-state index in [-0.39, 0.29) is 5.69 Å². The number of rotatable bonds is 4. The molecule has 8 heteroatoms. The summed E-state index contributed by atoms with van der Waals surface area (Å²) in [4.78, 5) is 33.8. The Bertz CT molecular complexity index is 626. The molecule has 0 unspecified atom stereocenters. The van der Waals surface area contributed by atoms with Crippen LogP contribution in [0.3, 0.4) is 0 Å². The van der Waals surface area contributed by atoms with Gasteiger partial charge in [-0.05, 0) is 31.0 Å². The molecule has 2 rings (SSSR count). The van der Waals surface area contributed by atoms with E-state index in [0.29, 0.717) is 12.0 Å². The fraction of sp³-hybridized carbons (Fsp3) is 0.308. The first-order valence-electron chi connectivity index (χ1n) is 6.32. The smallest absolute Gasteiger partial charge is 0.322 e. The summed E-state index contributed by atoms with van der Waals surface area (Å²) in [5, 5.41) is 17.7. The second kappa shape index (κ2) is 5.31. The predicted octanol–water partition coefficient (Wildman–Crippen LogP) is 1.65. The van der Waals surface area contributed by atoms with E-state index in [1.807, 2.05) is 0 Å². The molecular weight excluding hydrogens is 276 g/mol. The number of non-ortho nitro benzene ring substituents is 1. The van der Waals surface area contributed by atoms with Gasteiger partial charge in [-0.25, -0.2) is 4.79 Å². The lowest BCUT2D eigenvalue weighted by atomic mass is 10.00. The number of nitrogens with one attached hydrogen (secondary N) is 1. The van der Waals surface area contributed by atoms with Crippen LogP contribution in [0.25, 0.3) is 0 Å². The van der Waals surface area contributed by atoms with E-state index in [1.54, 1.807) is 13.8 Å². The van der Waals surface area contributed by atoms with Crippen LogP contribution in [-0.4, -0.2) is 33.6 Å². The maximum Gasteiger partial charge on any atom is 0.346 e. The number of benzene rings is 1. The van der Waals surface area contributed by atoms with Crippen molar-refractivity contribution < 1.29 is 14.5 Å². The lowest BCUT2D eigenvalue weighted by Gasteiger charge is -2.17. The quantitative estimate of drug-likeness (QED) is 0.394. The summed E-state index contributed by atoms with van der Waals surface area (Å²) in [7, 11) is 0. The zero-order valence-corrected chi connectivity index (χ0v) is 11.6. The Hall–Kier alpha value is -2.77. The van der Waals surface area contributed by atoms with Gasteiger partial charge in [0, 0.05) is 12.1 Å². The number of hydrazone groups is 1. The summed E-state index contributed by atoms with van der Waals surface area (Å²) in [6.07, 6.45) is 1.77. The third-order valence-electron chi connectivity index (χ3n) is 3.37. The normalized spacial score (nSPS) is 21.9. The zero-order chi connectivity index (χ0) is 15.6. The molecule has 1 atom stereocenters. The van der Waals surface area contributed by atoms with Crippen LogP contribution in [-0.2, 0) is 4.79 Å². The van der Waals surface area contributed by atoms with E-state index in [2.05, 4.69) is 10.4 Å². The molecule has 0 aromatic heterocycles. The molecular formula is C13H14N4O4. The number of amides is 3. The Morgan fingerprint density at radius 3 is 2.48 bits per heavy atom. The van der Waals surface area contributed by atoms with Gasteiger partial charge in [0.25, 0.3) is 11.6 Å². The largest absolute Gasteiger partial charge is 0.346 e. The highest BCUT2D eigenvalue weighted by atomic mass is 16.6. The van der Waals surface area contributed by atoms with Crippen molar-refractivity contribution in [1.82, 2.24) is 10.3 Å². The highest BCUT2D eigenvalue weighted by Crippen LogP contribution is 2.21. The molecule has 1 heterocycles. The van der Waals surface area contributed by atoms with Crippen molar-refractivity contribution in [2.75, 3.05) is 0 Å². The topological polar surface area (TPSA) is 105 Å². The van der Waals surface area contributed by atoms with Crippen LogP contribution < -0.4 is 5.32 Å². The van der Waals surface area contributed by atoms with Crippen molar-refractivity contribution in [2.45, 2.75) is 25.8 Å². The van der Waals surface area contributed by atoms with Crippen LogP contribution in [0.2, 0.25) is 0 Å². The molecule has 110 valence electrons. The van der Waals surface area contributed by atoms with Gasteiger partial charge in [-0.2, -0.15) is 5.10 Å². The molecule has 1 aliphatic heterocycles. The molecule has 0 saturated carbocycles. The van der Waals surface area contributed by atoms with Crippen LogP contribution >= 0.6 is 0 Å². The average Bonchev–Trinajstić information content (AvgIpc) is 2.68. The van der Waals surface area contributed by atoms with Crippen molar-refractivity contribution in [2.24, 2.45) is 5.10 Å². The Balaban J connectivity index is 2.16. The second-order valence-corrected chi connectivity index (χ2v) is 4.83. The summed E-state index contributed by atoms with van der Waals surface area (Å²) in [5.74, 6) is -0.423. The van der Waals surface area contributed by atoms with Gasteiger partial charge in [-0.15, -0.1) is 5.01 Å². The first-order valence-corrected chi connectivity index (χ1v) is 6.32. The summed E-state index contributed by atoms with van der Waals surface area (Å²) in [6.45, 7) is 3.43. The van der Waals surface area contributed by atoms with Gasteiger partial charge < -0.3 is 5.32 Å². The SMILES string of the molecule is CC[C@]1(C)NC(=O)N(/N=C\c2ccc([N+](=O)[O-])cc2)C1=O. The van der Waals surface area contributed by atoms with Crippen LogP contribution in [0.1, 0.15) is 25.8 Å². The minimum Gasteiger partial charge on any atom is -0.322 e. The lowest BCUT2D eigenvalue weighted by molar-refractivity contribution is -0.384. The number of carbonyl (C=O) groups excluding carboxylic acids is 2. The number of imide groups is 1. The third-order valence-corrected chi connectivity index (χ3v) is 3.37. The highest BCUT2D eigenvalue weighted by Gasteiger charge is 2.46. The number of carbonyl (C=O) groups is 2. The first kappa shape index (κ1) is 14.6. The Morgan fingerprint density at radius 2 is 2.00 bits per heavy atom. The molecule has 8 nitrogen and oxygen atoms in total. The molecule has 3 amide bonds. The fourth-order valence-electron chi connectivity index (χ4n) is 1.82. The lowest BCUT2D eigenvalue weighted by Crippen LogP contribution is -2.42. The Kier molecular flexibility index (Phi) is 3.70. The number of urea groups is 1. The minimum atomic E-state index is -0.941. The Labute approximate surface area is 120 Å². The van der Waals surface area contributed by atoms with Crippen molar-refractivity contribution in [3.63, 3.8) is 0 Å². The monoisotopic (exact) mass is 290 g/mol. The predicted molar refractivity (Wildman–Crippen MR) is 74.8 cm³/mol. The molecule has 21 heavy (non-hydrogen) atoms. The summed E-state index contributed by atoms with van der Waals surface area (Å²) >= 11 is 0. The van der Waals surface area contributed by atoms with Gasteiger partial charge in [0.15, 0.2) is 0 Å². The number of hydrogen-bond donors (Lipinski definition) is 1. The van der Waals surface area contributed by atoms with Gasteiger partial charge in [-0.3, -0.25) is 14.9 Å². The van der Waals surface area contributed by atoms with Crippen molar-refractivity contribution in [3.8, 4) is 0 Å². The van der Waals surface area contributed by atoms with Crippen LogP contribution in [0.15, 0.2) is 29.4 Å². The standard InChI is InChI=1S/C13H14N4O4/c1-3-13(2)11(18)16(12(19)15-13)14-8-9-4-6-10(7-5-9)17(20)21/h4-8H,3H2,1-2H3,(H,15,19)/b14-8-/t13-/m0/s1. The molecule has 1 saturated heterocycles. The molecule has 1 aromatic carbocycles. The molecule has 1 aromatic rings. The van der Waals surface area contributed by atoms with Gasteiger partial charge in [0.2, 0.25) is 0 Å². The van der Waals surface area contributed by atoms with Crippen molar-refractivity contribution in [3.05, 3.63) is 39.9 Å². The third kappa shape index (κ3) is 2.73. The van der Waals surface area contributed by atoms with E-state index < -0.39 is 22.4 Å². The molecule has 1 N–H and O–H groups in total. The van der Waals surface area contributed by atoms with Gasteiger partial charge in [0.05, 0.1) is 11.1 Å². The van der Waals surface area contributed by atoms with E-state index in [1.165, 1.54) is 30.5 Å². The van der Waals surface area contributed by atoms with E-state index in [9.17, 15) is 19.7 Å². The maximum absolute atomic E-state index is 12.1. The molecule has 0 bridgehead atoms. The first-order chi connectivity index (χ1) is 9.87. The van der Waals surface area contributed by atoms with Crippen molar-refractivity contribution in [1.29, 1.82) is 0 Å². The molecule has 0 spiro atoms. The minimum absolute atomic E-state index is 0.0410. The van der Waals surface area contributed by atoms with E-state index >= 15 is 0 Å². The van der Waals surface area contributed by atoms with Crippen LogP contribution in [0.5, 0.6) is 0 Å². The van der Waals surface area contributed by atoms with Crippen LogP contribution in [0, 0.1) is 10.1 Å². The number of nitrogens with zero attached hydrogens (tertiary/aromatic N) is 3. The molecule has 0 radical (unpaired) electrons. The van der Waals surface area contributed by atoms with Gasteiger partial charge in [0.1, 0.15) is 5.54 Å². The van der Waals surface area contributed by atoms with Crippen molar-refractivity contribution >= 4 is 23.8 Å². The van der Waals surface area contributed by atoms with Gasteiger partial charge >= 0.3 is 6.03 Å². The Morgan fingerprint density at radius 1 is 1.38 bits per heavy atom. The summed E-state index contributed by atoms with van der Waals surface area (Å²) < 4.78 is 0. The summed E-state index contributed by atoms with van der Waals surface area (Å²) in [5.41, 5.74) is -0.434. The number of nitro groups is 1. The number of nitro benzene ring substituents is 1. The molecule has 1 aliphatic rings. The summed E-state index contributed by atoms with van der Waals surface area (Å²) in [6, 6.07) is 5.04.